The van der Waals surface area contributed by atoms with Gasteiger partial charge >= 0.3 is 0 Å². The summed E-state index contributed by atoms with van der Waals surface area (Å²) in [6, 6.07) is 0. The third kappa shape index (κ3) is 4.33. The summed E-state index contributed by atoms with van der Waals surface area (Å²) < 4.78 is 6.81. The third-order valence-electron chi connectivity index (χ3n) is 3.25. The summed E-state index contributed by atoms with van der Waals surface area (Å²) in [5.41, 5.74) is 0.949. The third-order valence-corrected chi connectivity index (χ3v) is 3.25. The molecular weight excluding hydrogens is 244 g/mol. The highest BCUT2D eigenvalue weighted by atomic mass is 16.5. The van der Waals surface area contributed by atoms with E-state index >= 15 is 0 Å². The number of nitrogens with one attached hydrogen (secondary N) is 1. The molecule has 0 atom stereocenters. The van der Waals surface area contributed by atoms with E-state index in [2.05, 4.69) is 10.3 Å². The van der Waals surface area contributed by atoms with Gasteiger partial charge in [0.1, 0.15) is 6.54 Å². The molecule has 0 bridgehead atoms. The molecule has 1 fully saturated rings. The molecule has 2 heterocycles. The normalized spacial score (nSPS) is 15.1. The van der Waals surface area contributed by atoms with E-state index in [0.29, 0.717) is 19.7 Å². The molecule has 106 valence electrons. The standard InChI is InChI=1S/C13H22N4O2/c1-19-7-4-14-8-12-9-16(11-15-12)10-13(18)17-5-2-3-6-17/h9,11,14H,2-8,10H2,1H3. The molecule has 2 rings (SSSR count). The van der Waals surface area contributed by atoms with Crippen molar-refractivity contribution in [3.05, 3.63) is 18.2 Å². The Kier molecular flexibility index (Phi) is 5.35. The summed E-state index contributed by atoms with van der Waals surface area (Å²) >= 11 is 0. The van der Waals surface area contributed by atoms with Crippen LogP contribution in [0.1, 0.15) is 18.5 Å². The van der Waals surface area contributed by atoms with E-state index in [1.165, 1.54) is 0 Å². The molecule has 1 aliphatic rings. The minimum atomic E-state index is 0.189. The maximum Gasteiger partial charge on any atom is 0.242 e. The highest BCUT2D eigenvalue weighted by Crippen LogP contribution is 2.08. The Bertz CT molecular complexity index is 399. The molecule has 0 unspecified atom stereocenters. The molecule has 1 saturated heterocycles. The second-order valence-electron chi connectivity index (χ2n) is 4.79. The van der Waals surface area contributed by atoms with Gasteiger partial charge in [-0.05, 0) is 12.8 Å². The molecular formula is C13H22N4O2. The number of likely N-dealkylation sites (tertiary alicyclic amines) is 1. The van der Waals surface area contributed by atoms with Crippen LogP contribution in [0.5, 0.6) is 0 Å². The van der Waals surface area contributed by atoms with Gasteiger partial charge in [-0.1, -0.05) is 0 Å². The molecule has 6 nitrogen and oxygen atoms in total. The molecule has 0 aromatic carbocycles. The number of hydrogen-bond acceptors (Lipinski definition) is 4. The summed E-state index contributed by atoms with van der Waals surface area (Å²) in [7, 11) is 1.68. The first-order chi connectivity index (χ1) is 9.29. The van der Waals surface area contributed by atoms with E-state index in [1.54, 1.807) is 13.4 Å². The molecule has 1 amide bonds. The van der Waals surface area contributed by atoms with Gasteiger partial charge in [-0.25, -0.2) is 4.98 Å². The summed E-state index contributed by atoms with van der Waals surface area (Å²) in [6.45, 7) is 4.39. The Morgan fingerprint density at radius 1 is 1.47 bits per heavy atom. The average molecular weight is 266 g/mol. The highest BCUT2D eigenvalue weighted by Gasteiger charge is 2.17. The molecule has 6 heteroatoms. The van der Waals surface area contributed by atoms with Gasteiger partial charge in [0.15, 0.2) is 0 Å². The number of hydrogen-bond donors (Lipinski definition) is 1. The Hall–Kier alpha value is -1.40. The fourth-order valence-corrected chi connectivity index (χ4v) is 2.20. The zero-order chi connectivity index (χ0) is 13.5. The van der Waals surface area contributed by atoms with Crippen LogP contribution in [0.15, 0.2) is 12.5 Å². The average Bonchev–Trinajstić information content (AvgIpc) is 3.06. The van der Waals surface area contributed by atoms with Crippen molar-refractivity contribution in [1.82, 2.24) is 19.8 Å². The molecule has 1 aliphatic heterocycles. The van der Waals surface area contributed by atoms with Crippen LogP contribution in [0.25, 0.3) is 0 Å². The van der Waals surface area contributed by atoms with E-state index in [4.69, 9.17) is 4.74 Å². The maximum absolute atomic E-state index is 12.0. The van der Waals surface area contributed by atoms with Gasteiger partial charge in [0.05, 0.1) is 18.6 Å². The monoisotopic (exact) mass is 266 g/mol. The predicted molar refractivity (Wildman–Crippen MR) is 71.6 cm³/mol. The number of carbonyl (C=O) groups is 1. The van der Waals surface area contributed by atoms with Crippen LogP contribution in [0.2, 0.25) is 0 Å². The first-order valence-electron chi connectivity index (χ1n) is 6.77. The molecule has 1 aromatic heterocycles. The van der Waals surface area contributed by atoms with Crippen molar-refractivity contribution in [3.8, 4) is 0 Å². The fraction of sp³-hybridized carbons (Fsp3) is 0.692. The molecule has 19 heavy (non-hydrogen) atoms. The number of ether oxygens (including phenoxy) is 1. The number of rotatable bonds is 7. The quantitative estimate of drug-likeness (QED) is 0.718. The molecule has 0 aliphatic carbocycles. The smallest absolute Gasteiger partial charge is 0.242 e. The Balaban J connectivity index is 1.75. The highest BCUT2D eigenvalue weighted by molar-refractivity contribution is 5.76. The Morgan fingerprint density at radius 3 is 3.00 bits per heavy atom. The SMILES string of the molecule is COCCNCc1cn(CC(=O)N2CCCC2)cn1. The predicted octanol–water partition coefficient (Wildman–Crippen LogP) is 0.242. The van der Waals surface area contributed by atoms with E-state index in [1.807, 2.05) is 15.7 Å². The van der Waals surface area contributed by atoms with Crippen molar-refractivity contribution in [2.75, 3.05) is 33.4 Å². The van der Waals surface area contributed by atoms with Crippen LogP contribution in [-0.4, -0.2) is 53.7 Å². The topological polar surface area (TPSA) is 59.4 Å². The van der Waals surface area contributed by atoms with Gasteiger partial charge in [0.2, 0.25) is 5.91 Å². The molecule has 0 saturated carbocycles. The van der Waals surface area contributed by atoms with Crippen LogP contribution in [0.3, 0.4) is 0 Å². The number of amides is 1. The van der Waals surface area contributed by atoms with Crippen LogP contribution >= 0.6 is 0 Å². The summed E-state index contributed by atoms with van der Waals surface area (Å²) in [5.74, 6) is 0.189. The van der Waals surface area contributed by atoms with Crippen molar-refractivity contribution in [2.24, 2.45) is 0 Å². The minimum Gasteiger partial charge on any atom is -0.383 e. The number of methoxy groups -OCH3 is 1. The summed E-state index contributed by atoms with van der Waals surface area (Å²) in [6.07, 6.45) is 5.91. The molecule has 0 spiro atoms. The maximum atomic E-state index is 12.0. The largest absolute Gasteiger partial charge is 0.383 e. The summed E-state index contributed by atoms with van der Waals surface area (Å²) in [4.78, 5) is 18.2. The number of nitrogens with zero attached hydrogens (tertiary/aromatic N) is 3. The summed E-state index contributed by atoms with van der Waals surface area (Å²) in [5, 5.41) is 3.23. The van der Waals surface area contributed by atoms with Gasteiger partial charge < -0.3 is 19.5 Å². The lowest BCUT2D eigenvalue weighted by Gasteiger charge is -2.14. The van der Waals surface area contributed by atoms with E-state index in [-0.39, 0.29) is 5.91 Å². The van der Waals surface area contributed by atoms with E-state index < -0.39 is 0 Å². The van der Waals surface area contributed by atoms with E-state index in [9.17, 15) is 4.79 Å². The number of aromatic nitrogens is 2. The zero-order valence-corrected chi connectivity index (χ0v) is 11.5. The first-order valence-corrected chi connectivity index (χ1v) is 6.77. The van der Waals surface area contributed by atoms with Gasteiger partial charge in [-0.3, -0.25) is 4.79 Å². The van der Waals surface area contributed by atoms with Crippen LogP contribution < -0.4 is 5.32 Å². The minimum absolute atomic E-state index is 0.189. The lowest BCUT2D eigenvalue weighted by molar-refractivity contribution is -0.130. The van der Waals surface area contributed by atoms with E-state index in [0.717, 1.165) is 38.2 Å². The van der Waals surface area contributed by atoms with Crippen LogP contribution in [0, 0.1) is 0 Å². The van der Waals surface area contributed by atoms with Gasteiger partial charge in [-0.2, -0.15) is 0 Å². The Labute approximate surface area is 113 Å². The van der Waals surface area contributed by atoms with Gasteiger partial charge in [0, 0.05) is 39.5 Å². The first kappa shape index (κ1) is 14.0. The van der Waals surface area contributed by atoms with Gasteiger partial charge in [-0.15, -0.1) is 0 Å². The van der Waals surface area contributed by atoms with Crippen molar-refractivity contribution in [3.63, 3.8) is 0 Å². The number of carbonyl (C=O) groups excluding carboxylic acids is 1. The fourth-order valence-electron chi connectivity index (χ4n) is 2.20. The molecule has 0 radical (unpaired) electrons. The van der Waals surface area contributed by atoms with Crippen LogP contribution in [-0.2, 0) is 22.6 Å². The van der Waals surface area contributed by atoms with Gasteiger partial charge in [0.25, 0.3) is 0 Å². The number of imidazole rings is 1. The Morgan fingerprint density at radius 2 is 2.26 bits per heavy atom. The lowest BCUT2D eigenvalue weighted by atomic mass is 10.4. The molecule has 1 aromatic rings. The zero-order valence-electron chi connectivity index (χ0n) is 11.5. The second-order valence-corrected chi connectivity index (χ2v) is 4.79. The molecule has 1 N–H and O–H groups in total. The van der Waals surface area contributed by atoms with Crippen LogP contribution in [0.4, 0.5) is 0 Å². The van der Waals surface area contributed by atoms with Crippen molar-refractivity contribution in [1.29, 1.82) is 0 Å². The van der Waals surface area contributed by atoms with Crippen molar-refractivity contribution < 1.29 is 9.53 Å². The lowest BCUT2D eigenvalue weighted by Crippen LogP contribution is -2.30. The van der Waals surface area contributed by atoms with Crippen molar-refractivity contribution in [2.45, 2.75) is 25.9 Å². The second kappa shape index (κ2) is 7.25. The van der Waals surface area contributed by atoms with Crippen molar-refractivity contribution >= 4 is 5.91 Å².